The molecule has 0 bridgehead atoms. The second-order valence-corrected chi connectivity index (χ2v) is 4.50. The summed E-state index contributed by atoms with van der Waals surface area (Å²) in [7, 11) is 0. The van der Waals surface area contributed by atoms with E-state index in [1.165, 1.54) is 5.56 Å². The maximum atomic E-state index is 5.41. The van der Waals surface area contributed by atoms with E-state index in [1.54, 1.807) is 0 Å². The molecule has 1 aromatic rings. The SMILES string of the molecule is [CH2]c1cc(OCC)ccc1C(C)(C)C. The van der Waals surface area contributed by atoms with E-state index < -0.39 is 0 Å². The molecule has 14 heavy (non-hydrogen) atoms. The Morgan fingerprint density at radius 1 is 1.29 bits per heavy atom. The molecular weight excluding hydrogens is 172 g/mol. The first-order chi connectivity index (χ1) is 6.45. The van der Waals surface area contributed by atoms with Crippen LogP contribution in [0.1, 0.15) is 38.8 Å². The van der Waals surface area contributed by atoms with Crippen LogP contribution in [0.4, 0.5) is 0 Å². The zero-order valence-electron chi connectivity index (χ0n) is 9.55. The molecule has 1 heteroatoms. The summed E-state index contributed by atoms with van der Waals surface area (Å²) in [5.41, 5.74) is 2.49. The van der Waals surface area contributed by atoms with Crippen molar-refractivity contribution in [1.82, 2.24) is 0 Å². The summed E-state index contributed by atoms with van der Waals surface area (Å²) in [6.45, 7) is 13.3. The summed E-state index contributed by atoms with van der Waals surface area (Å²) in [6, 6.07) is 6.12. The third kappa shape index (κ3) is 2.50. The van der Waals surface area contributed by atoms with Crippen LogP contribution in [-0.2, 0) is 5.41 Å². The molecule has 1 nitrogen and oxygen atoms in total. The van der Waals surface area contributed by atoms with Gasteiger partial charge in [-0.15, -0.1) is 0 Å². The minimum absolute atomic E-state index is 0.155. The molecule has 0 aliphatic heterocycles. The minimum Gasteiger partial charge on any atom is -0.494 e. The molecule has 1 aromatic carbocycles. The molecule has 0 aliphatic carbocycles. The molecule has 1 rings (SSSR count). The Bertz CT molecular complexity index is 308. The zero-order chi connectivity index (χ0) is 10.8. The van der Waals surface area contributed by atoms with Gasteiger partial charge in [0.2, 0.25) is 0 Å². The fourth-order valence-electron chi connectivity index (χ4n) is 1.56. The van der Waals surface area contributed by atoms with Gasteiger partial charge < -0.3 is 4.74 Å². The number of ether oxygens (including phenoxy) is 1. The van der Waals surface area contributed by atoms with Crippen LogP contribution in [0.2, 0.25) is 0 Å². The Morgan fingerprint density at radius 2 is 1.93 bits per heavy atom. The van der Waals surface area contributed by atoms with E-state index >= 15 is 0 Å². The highest BCUT2D eigenvalue weighted by Crippen LogP contribution is 2.28. The number of benzene rings is 1. The van der Waals surface area contributed by atoms with E-state index in [-0.39, 0.29) is 5.41 Å². The Balaban J connectivity index is 3.02. The predicted octanol–water partition coefficient (Wildman–Crippen LogP) is 3.56. The van der Waals surface area contributed by atoms with Crippen LogP contribution in [0.5, 0.6) is 5.75 Å². The van der Waals surface area contributed by atoms with Crippen molar-refractivity contribution in [3.8, 4) is 5.75 Å². The van der Waals surface area contributed by atoms with Gasteiger partial charge >= 0.3 is 0 Å². The highest BCUT2D eigenvalue weighted by Gasteiger charge is 2.16. The average molecular weight is 191 g/mol. The van der Waals surface area contributed by atoms with Crippen molar-refractivity contribution in [3.05, 3.63) is 36.2 Å². The smallest absolute Gasteiger partial charge is 0.119 e. The van der Waals surface area contributed by atoms with Crippen LogP contribution in [0.3, 0.4) is 0 Å². The van der Waals surface area contributed by atoms with Crippen molar-refractivity contribution in [1.29, 1.82) is 0 Å². The van der Waals surface area contributed by atoms with E-state index in [1.807, 2.05) is 19.1 Å². The highest BCUT2D eigenvalue weighted by molar-refractivity contribution is 5.40. The van der Waals surface area contributed by atoms with E-state index in [4.69, 9.17) is 4.74 Å². The lowest BCUT2D eigenvalue weighted by molar-refractivity contribution is 0.340. The Labute approximate surface area is 87.1 Å². The summed E-state index contributed by atoms with van der Waals surface area (Å²) in [5, 5.41) is 0. The molecule has 0 spiro atoms. The van der Waals surface area contributed by atoms with Gasteiger partial charge in [0.25, 0.3) is 0 Å². The molecule has 0 unspecified atom stereocenters. The second kappa shape index (κ2) is 4.04. The van der Waals surface area contributed by atoms with Gasteiger partial charge in [-0.1, -0.05) is 26.8 Å². The Kier molecular flexibility index (Phi) is 3.20. The molecule has 0 atom stereocenters. The summed E-state index contributed by atoms with van der Waals surface area (Å²) in [5.74, 6) is 0.908. The van der Waals surface area contributed by atoms with Gasteiger partial charge in [0.1, 0.15) is 5.75 Å². The molecule has 0 aliphatic rings. The Morgan fingerprint density at radius 3 is 2.36 bits per heavy atom. The van der Waals surface area contributed by atoms with Gasteiger partial charge in [0.05, 0.1) is 6.61 Å². The van der Waals surface area contributed by atoms with Crippen LogP contribution in [-0.4, -0.2) is 6.61 Å². The third-order valence-electron chi connectivity index (χ3n) is 2.20. The molecule has 77 valence electrons. The van der Waals surface area contributed by atoms with Crippen LogP contribution >= 0.6 is 0 Å². The third-order valence-corrected chi connectivity index (χ3v) is 2.20. The minimum atomic E-state index is 0.155. The van der Waals surface area contributed by atoms with Crippen LogP contribution < -0.4 is 4.74 Å². The summed E-state index contributed by atoms with van der Waals surface area (Å²) < 4.78 is 5.41. The average Bonchev–Trinajstić information content (AvgIpc) is 2.02. The lowest BCUT2D eigenvalue weighted by Gasteiger charge is -2.22. The van der Waals surface area contributed by atoms with E-state index in [0.717, 1.165) is 11.3 Å². The first kappa shape index (κ1) is 11.1. The largest absolute Gasteiger partial charge is 0.494 e. The normalized spacial score (nSPS) is 11.5. The summed E-state index contributed by atoms with van der Waals surface area (Å²) >= 11 is 0. The molecule has 0 amide bonds. The van der Waals surface area contributed by atoms with Crippen molar-refractivity contribution >= 4 is 0 Å². The monoisotopic (exact) mass is 191 g/mol. The van der Waals surface area contributed by atoms with Crippen LogP contribution in [0.15, 0.2) is 18.2 Å². The predicted molar refractivity (Wildman–Crippen MR) is 60.8 cm³/mol. The van der Waals surface area contributed by atoms with Crippen LogP contribution in [0.25, 0.3) is 0 Å². The highest BCUT2D eigenvalue weighted by atomic mass is 16.5. The fraction of sp³-hybridized carbons (Fsp3) is 0.462. The van der Waals surface area contributed by atoms with E-state index in [2.05, 4.69) is 33.8 Å². The molecule has 0 heterocycles. The van der Waals surface area contributed by atoms with E-state index in [0.29, 0.717) is 6.61 Å². The van der Waals surface area contributed by atoms with Gasteiger partial charge in [-0.2, -0.15) is 0 Å². The van der Waals surface area contributed by atoms with Crippen molar-refractivity contribution in [2.75, 3.05) is 6.61 Å². The molecular formula is C13H19O. The lowest BCUT2D eigenvalue weighted by Crippen LogP contribution is -2.12. The first-order valence-electron chi connectivity index (χ1n) is 5.04. The van der Waals surface area contributed by atoms with Crippen molar-refractivity contribution < 1.29 is 4.74 Å². The van der Waals surface area contributed by atoms with Crippen LogP contribution in [0, 0.1) is 6.92 Å². The summed E-state index contributed by atoms with van der Waals surface area (Å²) in [4.78, 5) is 0. The van der Waals surface area contributed by atoms with Gasteiger partial charge in [0.15, 0.2) is 0 Å². The quantitative estimate of drug-likeness (QED) is 0.694. The van der Waals surface area contributed by atoms with Gasteiger partial charge in [-0.25, -0.2) is 0 Å². The van der Waals surface area contributed by atoms with Gasteiger partial charge in [0, 0.05) is 0 Å². The second-order valence-electron chi connectivity index (χ2n) is 4.50. The maximum Gasteiger partial charge on any atom is 0.119 e. The number of hydrogen-bond acceptors (Lipinski definition) is 1. The van der Waals surface area contributed by atoms with Crippen molar-refractivity contribution in [2.24, 2.45) is 0 Å². The molecule has 0 N–H and O–H groups in total. The first-order valence-corrected chi connectivity index (χ1v) is 5.04. The zero-order valence-corrected chi connectivity index (χ0v) is 9.55. The molecule has 0 aromatic heterocycles. The van der Waals surface area contributed by atoms with E-state index in [9.17, 15) is 0 Å². The van der Waals surface area contributed by atoms with Gasteiger partial charge in [-0.05, 0) is 42.5 Å². The lowest BCUT2D eigenvalue weighted by atomic mass is 9.84. The topological polar surface area (TPSA) is 9.23 Å². The fourth-order valence-corrected chi connectivity index (χ4v) is 1.56. The van der Waals surface area contributed by atoms with Gasteiger partial charge in [-0.3, -0.25) is 0 Å². The summed E-state index contributed by atoms with van der Waals surface area (Å²) in [6.07, 6.45) is 0. The van der Waals surface area contributed by atoms with Crippen molar-refractivity contribution in [3.63, 3.8) is 0 Å². The van der Waals surface area contributed by atoms with Crippen molar-refractivity contribution in [2.45, 2.75) is 33.1 Å². The number of rotatable bonds is 2. The molecule has 0 saturated carbocycles. The maximum absolute atomic E-state index is 5.41. The standard InChI is InChI=1S/C13H19O/c1-6-14-11-7-8-12(10(2)9-11)13(3,4)5/h7-9H,2,6H2,1,3-5H3. The number of hydrogen-bond donors (Lipinski definition) is 0. The molecule has 1 radical (unpaired) electrons. The molecule has 0 saturated heterocycles. The Hall–Kier alpha value is -0.980. The molecule has 0 fully saturated rings.